The quantitative estimate of drug-likeness (QED) is 0.0272. The van der Waals surface area contributed by atoms with Crippen molar-refractivity contribution in [1.29, 1.82) is 0 Å². The minimum absolute atomic E-state index is 0.00392. The molecule has 0 aliphatic rings. The first-order chi connectivity index (χ1) is 31.5. The highest BCUT2D eigenvalue weighted by molar-refractivity contribution is 7.45. The number of aliphatic hydroxyl groups is 1. The molecule has 2 N–H and O–H groups in total. The number of aliphatic hydroxyl groups excluding tert-OH is 1. The van der Waals surface area contributed by atoms with Gasteiger partial charge in [0.2, 0.25) is 5.91 Å². The van der Waals surface area contributed by atoms with E-state index >= 15 is 0 Å². The smallest absolute Gasteiger partial charge is 0.268 e. The Hall–Kier alpha value is -1.02. The topological polar surface area (TPSA) is 108 Å². The van der Waals surface area contributed by atoms with Gasteiger partial charge < -0.3 is 28.8 Å². The predicted molar refractivity (Wildman–Crippen MR) is 279 cm³/mol. The molecule has 65 heavy (non-hydrogen) atoms. The summed E-state index contributed by atoms with van der Waals surface area (Å²) >= 11 is 0. The van der Waals surface area contributed by atoms with Crippen molar-refractivity contribution in [2.24, 2.45) is 0 Å². The Morgan fingerprint density at radius 3 is 1.25 bits per heavy atom. The summed E-state index contributed by atoms with van der Waals surface area (Å²) in [4.78, 5) is 25.4. The summed E-state index contributed by atoms with van der Waals surface area (Å²) in [5.74, 6) is -0.204. The second kappa shape index (κ2) is 48.0. The number of allylic oxidation sites excluding steroid dienone is 3. The molecule has 0 radical (unpaired) electrons. The average molecular weight is 939 g/mol. The fraction of sp³-hybridized carbons (Fsp3) is 0.911. The van der Waals surface area contributed by atoms with Gasteiger partial charge in [-0.15, -0.1) is 0 Å². The molecule has 0 saturated heterocycles. The zero-order valence-corrected chi connectivity index (χ0v) is 44.9. The summed E-state index contributed by atoms with van der Waals surface area (Å²) in [6.45, 7) is 4.66. The summed E-state index contributed by atoms with van der Waals surface area (Å²) in [5, 5.41) is 13.8. The van der Waals surface area contributed by atoms with Gasteiger partial charge in [0.1, 0.15) is 13.2 Å². The van der Waals surface area contributed by atoms with Gasteiger partial charge in [0.15, 0.2) is 0 Å². The van der Waals surface area contributed by atoms with Crippen LogP contribution in [0.15, 0.2) is 24.3 Å². The molecule has 0 saturated carbocycles. The van der Waals surface area contributed by atoms with Crippen LogP contribution in [-0.4, -0.2) is 68.5 Å². The average Bonchev–Trinajstić information content (AvgIpc) is 3.26. The van der Waals surface area contributed by atoms with Crippen LogP contribution in [0.3, 0.4) is 0 Å². The lowest BCUT2D eigenvalue weighted by atomic mass is 10.0. The van der Waals surface area contributed by atoms with Crippen molar-refractivity contribution in [3.8, 4) is 0 Å². The number of amides is 1. The van der Waals surface area contributed by atoms with Gasteiger partial charge in [-0.3, -0.25) is 9.36 Å². The molecule has 0 heterocycles. The molecule has 1 amide bonds. The minimum Gasteiger partial charge on any atom is -0.756 e. The maximum atomic E-state index is 12.9. The first-order valence-electron chi connectivity index (χ1n) is 28.2. The Morgan fingerprint density at radius 2 is 0.862 bits per heavy atom. The first kappa shape index (κ1) is 64.0. The molecule has 0 fully saturated rings. The number of nitrogens with one attached hydrogen (secondary N) is 1. The molecule has 0 aliphatic heterocycles. The van der Waals surface area contributed by atoms with Crippen LogP contribution in [0.5, 0.6) is 0 Å². The summed E-state index contributed by atoms with van der Waals surface area (Å²) in [6, 6.07) is -0.899. The van der Waals surface area contributed by atoms with Crippen molar-refractivity contribution >= 4 is 13.7 Å². The van der Waals surface area contributed by atoms with Crippen molar-refractivity contribution in [1.82, 2.24) is 5.32 Å². The number of phosphoric ester groups is 1. The summed E-state index contributed by atoms with van der Waals surface area (Å²) in [7, 11) is 1.26. The second-order valence-electron chi connectivity index (χ2n) is 20.6. The van der Waals surface area contributed by atoms with Crippen molar-refractivity contribution in [3.05, 3.63) is 24.3 Å². The van der Waals surface area contributed by atoms with Crippen LogP contribution in [0.4, 0.5) is 0 Å². The van der Waals surface area contributed by atoms with Crippen LogP contribution in [-0.2, 0) is 18.4 Å². The van der Waals surface area contributed by atoms with Crippen LogP contribution in [0.1, 0.15) is 277 Å². The van der Waals surface area contributed by atoms with E-state index in [9.17, 15) is 19.4 Å². The number of nitrogens with zero attached hydrogens (tertiary/aromatic N) is 1. The van der Waals surface area contributed by atoms with E-state index in [-0.39, 0.29) is 19.1 Å². The van der Waals surface area contributed by atoms with Crippen molar-refractivity contribution in [2.45, 2.75) is 289 Å². The van der Waals surface area contributed by atoms with E-state index < -0.39 is 20.0 Å². The number of hydrogen-bond acceptors (Lipinski definition) is 6. The zero-order valence-electron chi connectivity index (χ0n) is 44.0. The van der Waals surface area contributed by atoms with Gasteiger partial charge in [-0.05, 0) is 32.1 Å². The van der Waals surface area contributed by atoms with E-state index in [2.05, 4.69) is 31.3 Å². The number of carbonyl (C=O) groups is 1. The maximum absolute atomic E-state index is 12.9. The molecule has 9 heteroatoms. The molecule has 0 aromatic carbocycles. The van der Waals surface area contributed by atoms with Gasteiger partial charge >= 0.3 is 0 Å². The van der Waals surface area contributed by atoms with Gasteiger partial charge in [-0.2, -0.15) is 0 Å². The van der Waals surface area contributed by atoms with Gasteiger partial charge in [0, 0.05) is 6.42 Å². The van der Waals surface area contributed by atoms with E-state index in [0.717, 1.165) is 38.5 Å². The van der Waals surface area contributed by atoms with Gasteiger partial charge in [0.25, 0.3) is 7.82 Å². The van der Waals surface area contributed by atoms with Crippen LogP contribution >= 0.6 is 7.82 Å². The number of likely N-dealkylation sites (N-methyl/N-ethyl adjacent to an activating group) is 1. The molecule has 0 bridgehead atoms. The van der Waals surface area contributed by atoms with Crippen LogP contribution in [0, 0.1) is 0 Å². The van der Waals surface area contributed by atoms with E-state index in [1.807, 2.05) is 27.2 Å². The number of phosphoric acid groups is 1. The second-order valence-corrected chi connectivity index (χ2v) is 22.1. The fourth-order valence-electron chi connectivity index (χ4n) is 8.47. The highest BCUT2D eigenvalue weighted by Gasteiger charge is 2.23. The summed E-state index contributed by atoms with van der Waals surface area (Å²) in [5.41, 5.74) is 0. The van der Waals surface area contributed by atoms with Crippen molar-refractivity contribution in [2.75, 3.05) is 40.9 Å². The van der Waals surface area contributed by atoms with Gasteiger partial charge in [-0.25, -0.2) is 0 Å². The minimum atomic E-state index is -4.60. The molecule has 0 aliphatic carbocycles. The molecule has 0 spiro atoms. The monoisotopic (exact) mass is 939 g/mol. The molecule has 386 valence electrons. The van der Waals surface area contributed by atoms with Crippen LogP contribution < -0.4 is 10.2 Å². The number of carbonyl (C=O) groups excluding carboxylic acids is 1. The van der Waals surface area contributed by atoms with E-state index in [1.165, 1.54) is 218 Å². The third kappa shape index (κ3) is 50.7. The van der Waals surface area contributed by atoms with E-state index in [1.54, 1.807) is 6.08 Å². The van der Waals surface area contributed by atoms with E-state index in [4.69, 9.17) is 9.05 Å². The fourth-order valence-corrected chi connectivity index (χ4v) is 9.19. The molecule has 0 rings (SSSR count). The Morgan fingerprint density at radius 1 is 0.523 bits per heavy atom. The Labute approximate surface area is 404 Å². The SMILES string of the molecule is CCCCCCCCCCCCCCCCCCCCCCCCC/C=C/CC/C=C/C(O)C(COP(=O)([O-])OCC[N+](C)(C)C)NC(=O)CCCCCCCCCCCCCCCC. The number of hydrogen-bond donors (Lipinski definition) is 2. The number of rotatable bonds is 52. The lowest BCUT2D eigenvalue weighted by Gasteiger charge is -2.29. The molecule has 0 aromatic rings. The molecular formula is C56H111N2O6P. The van der Waals surface area contributed by atoms with Crippen molar-refractivity contribution < 1.29 is 32.9 Å². The molecule has 8 nitrogen and oxygen atoms in total. The lowest BCUT2D eigenvalue weighted by molar-refractivity contribution is -0.870. The Bertz CT molecular complexity index is 1110. The third-order valence-electron chi connectivity index (χ3n) is 12.9. The van der Waals surface area contributed by atoms with Crippen molar-refractivity contribution in [3.63, 3.8) is 0 Å². The summed E-state index contributed by atoms with van der Waals surface area (Å²) < 4.78 is 23.3. The maximum Gasteiger partial charge on any atom is 0.268 e. The number of unbranched alkanes of at least 4 members (excludes halogenated alkanes) is 37. The highest BCUT2D eigenvalue weighted by atomic mass is 31.2. The van der Waals surface area contributed by atoms with Crippen LogP contribution in [0.2, 0.25) is 0 Å². The molecule has 3 unspecified atom stereocenters. The van der Waals surface area contributed by atoms with Crippen LogP contribution in [0.25, 0.3) is 0 Å². The molecule has 3 atom stereocenters. The Balaban J connectivity index is 4.16. The Kier molecular flexibility index (Phi) is 47.3. The largest absolute Gasteiger partial charge is 0.756 e. The lowest BCUT2D eigenvalue weighted by Crippen LogP contribution is -2.45. The molecular weight excluding hydrogens is 828 g/mol. The molecule has 0 aromatic heterocycles. The van der Waals surface area contributed by atoms with E-state index in [0.29, 0.717) is 17.4 Å². The first-order valence-corrected chi connectivity index (χ1v) is 29.7. The number of quaternary nitrogens is 1. The summed E-state index contributed by atoms with van der Waals surface area (Å²) in [6.07, 6.45) is 59.8. The normalized spacial score (nSPS) is 14.1. The standard InChI is InChI=1S/C56H111N2O6P/c1-6-8-10-12-14-16-18-20-22-23-24-25-26-27-28-29-30-31-32-33-34-35-36-37-39-41-43-45-47-49-55(59)54(53-64-65(61,62)63-52-51-58(3,4)5)57-56(60)50-48-46-44-42-40-38-21-19-17-15-13-11-9-7-2/h39,41,47,49,54-55,59H,6-38,40,42-46,48,50-53H2,1-5H3,(H-,57,60,61,62)/b41-39+,49-47+. The zero-order chi connectivity index (χ0) is 47.8. The van der Waals surface area contributed by atoms with Gasteiger partial charge in [0.05, 0.1) is 39.9 Å². The highest BCUT2D eigenvalue weighted by Crippen LogP contribution is 2.38. The third-order valence-corrected chi connectivity index (χ3v) is 13.9. The predicted octanol–water partition coefficient (Wildman–Crippen LogP) is 16.2. The van der Waals surface area contributed by atoms with Gasteiger partial charge in [-0.1, -0.05) is 263 Å².